The number of nitrogens with zero attached hydrogens (tertiary/aromatic N) is 1. The summed E-state index contributed by atoms with van der Waals surface area (Å²) in [6, 6.07) is 26.0. The summed E-state index contributed by atoms with van der Waals surface area (Å²) in [5.74, 6) is -0.129. The van der Waals surface area contributed by atoms with Crippen LogP contribution in [-0.2, 0) is 34.4 Å². The highest BCUT2D eigenvalue weighted by Crippen LogP contribution is 2.23. The second-order valence-corrected chi connectivity index (χ2v) is 11.3. The van der Waals surface area contributed by atoms with Crippen LogP contribution in [0.25, 0.3) is 0 Å². The molecule has 37 heavy (non-hydrogen) atoms. The van der Waals surface area contributed by atoms with Gasteiger partial charge in [0.1, 0.15) is 6.04 Å². The van der Waals surface area contributed by atoms with Crippen LogP contribution in [-0.4, -0.2) is 28.8 Å². The first-order valence-corrected chi connectivity index (χ1v) is 13.3. The number of hydrogen-bond donors (Lipinski definition) is 1. The normalized spacial score (nSPS) is 12.3. The predicted molar refractivity (Wildman–Crippen MR) is 152 cm³/mol. The van der Waals surface area contributed by atoms with Crippen molar-refractivity contribution in [3.05, 3.63) is 107 Å². The number of aryl methyl sites for hydroxylation is 2. The van der Waals surface area contributed by atoms with Crippen molar-refractivity contribution < 1.29 is 9.59 Å². The van der Waals surface area contributed by atoms with E-state index in [1.54, 1.807) is 4.90 Å². The zero-order chi connectivity index (χ0) is 27.0. The highest BCUT2D eigenvalue weighted by atomic mass is 16.2. The van der Waals surface area contributed by atoms with E-state index in [1.807, 2.05) is 69.3 Å². The first kappa shape index (κ1) is 28.2. The van der Waals surface area contributed by atoms with Crippen LogP contribution < -0.4 is 5.32 Å². The van der Waals surface area contributed by atoms with Crippen molar-refractivity contribution in [1.29, 1.82) is 0 Å². The third kappa shape index (κ3) is 8.59. The molecule has 0 saturated carbocycles. The Morgan fingerprint density at radius 1 is 0.838 bits per heavy atom. The molecule has 3 aromatic rings. The van der Waals surface area contributed by atoms with E-state index in [0.717, 1.165) is 22.3 Å². The molecular formula is C33H42N2O2. The zero-order valence-electron chi connectivity index (χ0n) is 23.3. The van der Waals surface area contributed by atoms with Crippen molar-refractivity contribution in [2.45, 2.75) is 84.8 Å². The molecule has 0 aliphatic carbocycles. The summed E-state index contributed by atoms with van der Waals surface area (Å²) in [4.78, 5) is 29.0. The fourth-order valence-corrected chi connectivity index (χ4v) is 4.51. The molecule has 0 saturated heterocycles. The van der Waals surface area contributed by atoms with Crippen LogP contribution in [0.2, 0.25) is 0 Å². The van der Waals surface area contributed by atoms with Crippen LogP contribution in [0.5, 0.6) is 0 Å². The second-order valence-electron chi connectivity index (χ2n) is 11.3. The molecule has 0 heterocycles. The number of nitrogens with one attached hydrogen (secondary N) is 1. The lowest BCUT2D eigenvalue weighted by molar-refractivity contribution is -0.141. The molecule has 0 unspecified atom stereocenters. The summed E-state index contributed by atoms with van der Waals surface area (Å²) >= 11 is 0. The van der Waals surface area contributed by atoms with E-state index in [1.165, 1.54) is 5.56 Å². The van der Waals surface area contributed by atoms with Gasteiger partial charge in [0.15, 0.2) is 0 Å². The number of rotatable bonds is 10. The Hall–Kier alpha value is -3.40. The Morgan fingerprint density at radius 2 is 1.49 bits per heavy atom. The average Bonchev–Trinajstić information content (AvgIpc) is 2.84. The molecule has 1 atom stereocenters. The Labute approximate surface area is 223 Å². The molecule has 3 rings (SSSR count). The molecule has 2 amide bonds. The van der Waals surface area contributed by atoms with Crippen molar-refractivity contribution in [3.63, 3.8) is 0 Å². The summed E-state index contributed by atoms with van der Waals surface area (Å²) in [6.45, 7) is 12.9. The van der Waals surface area contributed by atoms with Gasteiger partial charge in [-0.25, -0.2) is 0 Å². The summed E-state index contributed by atoms with van der Waals surface area (Å²) in [6.07, 6.45) is 1.45. The molecule has 0 bridgehead atoms. The van der Waals surface area contributed by atoms with Gasteiger partial charge in [0.25, 0.3) is 0 Å². The van der Waals surface area contributed by atoms with Crippen LogP contribution in [0.1, 0.15) is 68.9 Å². The molecule has 0 radical (unpaired) electrons. The third-order valence-corrected chi connectivity index (χ3v) is 6.58. The Morgan fingerprint density at radius 3 is 2.08 bits per heavy atom. The van der Waals surface area contributed by atoms with Crippen molar-refractivity contribution >= 4 is 11.8 Å². The average molecular weight is 499 g/mol. The number of hydrogen-bond acceptors (Lipinski definition) is 2. The van der Waals surface area contributed by atoms with E-state index in [0.29, 0.717) is 25.8 Å². The van der Waals surface area contributed by atoms with E-state index in [-0.39, 0.29) is 23.3 Å². The van der Waals surface area contributed by atoms with Crippen LogP contribution >= 0.6 is 0 Å². The van der Waals surface area contributed by atoms with E-state index in [2.05, 4.69) is 56.4 Å². The molecule has 0 aromatic heterocycles. The Bertz CT molecular complexity index is 1160. The Balaban J connectivity index is 1.88. The first-order chi connectivity index (χ1) is 17.5. The lowest BCUT2D eigenvalue weighted by Gasteiger charge is -2.32. The number of carbonyl (C=O) groups is 2. The largest absolute Gasteiger partial charge is 0.352 e. The SMILES string of the molecule is Cc1cccc(CN(C(=O)CCc2ccc(C(C)(C)C)cc2)[C@@H](Cc2ccccc2)C(=O)NC(C)C)c1. The van der Waals surface area contributed by atoms with Crippen LogP contribution in [0.4, 0.5) is 0 Å². The Kier molecular flexibility index (Phi) is 9.68. The summed E-state index contributed by atoms with van der Waals surface area (Å²) in [5, 5.41) is 3.06. The molecule has 4 heteroatoms. The van der Waals surface area contributed by atoms with Gasteiger partial charge in [0, 0.05) is 25.4 Å². The minimum Gasteiger partial charge on any atom is -0.352 e. The van der Waals surface area contributed by atoms with Gasteiger partial charge in [0.2, 0.25) is 11.8 Å². The lowest BCUT2D eigenvalue weighted by Crippen LogP contribution is -2.51. The maximum absolute atomic E-state index is 13.8. The summed E-state index contributed by atoms with van der Waals surface area (Å²) in [7, 11) is 0. The second kappa shape index (κ2) is 12.7. The maximum atomic E-state index is 13.8. The number of amides is 2. The van der Waals surface area contributed by atoms with Crippen molar-refractivity contribution in [2.24, 2.45) is 0 Å². The van der Waals surface area contributed by atoms with Gasteiger partial charge in [-0.15, -0.1) is 0 Å². The van der Waals surface area contributed by atoms with Crippen molar-refractivity contribution in [3.8, 4) is 0 Å². The van der Waals surface area contributed by atoms with Gasteiger partial charge in [0.05, 0.1) is 0 Å². The molecule has 0 aliphatic heterocycles. The standard InChI is InChI=1S/C33H42N2O2/c1-24(2)34-32(37)30(22-27-12-8-7-9-13-27)35(23-28-14-10-11-25(3)21-28)31(36)20-17-26-15-18-29(19-16-26)33(4,5)6/h7-16,18-19,21,24,30H,17,20,22-23H2,1-6H3,(H,34,37)/t30-/m0/s1. The summed E-state index contributed by atoms with van der Waals surface area (Å²) in [5.41, 5.74) is 5.69. The van der Waals surface area contributed by atoms with Gasteiger partial charge in [-0.1, -0.05) is 105 Å². The maximum Gasteiger partial charge on any atom is 0.243 e. The molecular weight excluding hydrogens is 456 g/mol. The molecule has 196 valence electrons. The van der Waals surface area contributed by atoms with Crippen LogP contribution in [0, 0.1) is 6.92 Å². The van der Waals surface area contributed by atoms with Gasteiger partial charge < -0.3 is 10.2 Å². The van der Waals surface area contributed by atoms with E-state index < -0.39 is 6.04 Å². The molecule has 1 N–H and O–H groups in total. The van der Waals surface area contributed by atoms with E-state index in [9.17, 15) is 9.59 Å². The smallest absolute Gasteiger partial charge is 0.243 e. The summed E-state index contributed by atoms with van der Waals surface area (Å²) < 4.78 is 0. The molecule has 4 nitrogen and oxygen atoms in total. The number of carbonyl (C=O) groups excluding carboxylic acids is 2. The monoisotopic (exact) mass is 498 g/mol. The highest BCUT2D eigenvalue weighted by Gasteiger charge is 2.30. The zero-order valence-corrected chi connectivity index (χ0v) is 23.3. The number of benzene rings is 3. The minimum atomic E-state index is -0.596. The molecule has 0 fully saturated rings. The van der Waals surface area contributed by atoms with Gasteiger partial charge >= 0.3 is 0 Å². The van der Waals surface area contributed by atoms with Crippen molar-refractivity contribution in [1.82, 2.24) is 10.2 Å². The van der Waals surface area contributed by atoms with Gasteiger partial charge in [-0.3, -0.25) is 9.59 Å². The minimum absolute atomic E-state index is 0.0111. The van der Waals surface area contributed by atoms with E-state index in [4.69, 9.17) is 0 Å². The van der Waals surface area contributed by atoms with Crippen molar-refractivity contribution in [2.75, 3.05) is 0 Å². The van der Waals surface area contributed by atoms with Crippen LogP contribution in [0.15, 0.2) is 78.9 Å². The molecule has 0 aliphatic rings. The van der Waals surface area contributed by atoms with Gasteiger partial charge in [-0.2, -0.15) is 0 Å². The first-order valence-electron chi connectivity index (χ1n) is 13.3. The third-order valence-electron chi connectivity index (χ3n) is 6.58. The fraction of sp³-hybridized carbons (Fsp3) is 0.394. The lowest BCUT2D eigenvalue weighted by atomic mass is 9.86. The topological polar surface area (TPSA) is 49.4 Å². The molecule has 0 spiro atoms. The van der Waals surface area contributed by atoms with E-state index >= 15 is 0 Å². The van der Waals surface area contributed by atoms with Gasteiger partial charge in [-0.05, 0) is 54.9 Å². The van der Waals surface area contributed by atoms with Crippen LogP contribution in [0.3, 0.4) is 0 Å². The fourth-order valence-electron chi connectivity index (χ4n) is 4.51. The quantitative estimate of drug-likeness (QED) is 0.352. The predicted octanol–water partition coefficient (Wildman–Crippen LogP) is 6.39. The molecule has 3 aromatic carbocycles. The highest BCUT2D eigenvalue weighted by molar-refractivity contribution is 5.88.